The molecule has 0 spiro atoms. The molecule has 72 heavy (non-hydrogen) atoms. The van der Waals surface area contributed by atoms with Crippen LogP contribution in [-0.2, 0) is 28.6 Å². The van der Waals surface area contributed by atoms with Gasteiger partial charge in [0, 0.05) is 19.3 Å². The van der Waals surface area contributed by atoms with Gasteiger partial charge in [0.05, 0.1) is 0 Å². The lowest BCUT2D eigenvalue weighted by Gasteiger charge is -2.18. The van der Waals surface area contributed by atoms with Gasteiger partial charge in [0.1, 0.15) is 13.2 Å². The van der Waals surface area contributed by atoms with E-state index in [1.165, 1.54) is 161 Å². The van der Waals surface area contributed by atoms with Crippen molar-refractivity contribution in [3.8, 4) is 0 Å². The Hall–Kier alpha value is -3.41. The van der Waals surface area contributed by atoms with Crippen LogP contribution in [0.3, 0.4) is 0 Å². The van der Waals surface area contributed by atoms with Gasteiger partial charge >= 0.3 is 17.9 Å². The molecule has 0 aromatic rings. The number of ether oxygens (including phenoxy) is 3. The van der Waals surface area contributed by atoms with Crippen LogP contribution < -0.4 is 0 Å². The standard InChI is InChI=1S/C66H114O6/c1-4-7-10-13-16-19-22-25-27-28-29-30-31-32-33-34-35-36-37-38-40-41-44-47-50-53-56-59-65(68)71-62-63(61-70-64(67)58-55-52-49-46-43-24-21-18-15-12-9-6-3)72-66(69)60-57-54-51-48-45-42-39-26-23-20-17-14-11-8-5-2/h8,11,17,20,22,25-26,28-29,31-32,39,45,48,63H,4-7,9-10,12-16,18-19,21,23-24,27,30,33-38,40-44,46-47,49-62H2,1-3H3/b11-8-,20-17-,25-22-,29-28-,32-31-,39-26-,48-45-. The Morgan fingerprint density at radius 2 is 0.542 bits per heavy atom. The average Bonchev–Trinajstić information content (AvgIpc) is 3.38. The zero-order valence-electron chi connectivity index (χ0n) is 47.4. The third kappa shape index (κ3) is 57.5. The van der Waals surface area contributed by atoms with Gasteiger partial charge in [0.15, 0.2) is 6.10 Å². The van der Waals surface area contributed by atoms with Gasteiger partial charge in [-0.15, -0.1) is 0 Å². The number of esters is 3. The fourth-order valence-corrected chi connectivity index (χ4v) is 8.56. The molecule has 414 valence electrons. The highest BCUT2D eigenvalue weighted by atomic mass is 16.6. The normalized spacial score (nSPS) is 12.7. The molecule has 6 nitrogen and oxygen atoms in total. The predicted molar refractivity (Wildman–Crippen MR) is 311 cm³/mol. The number of unbranched alkanes of at least 4 members (excludes halogenated alkanes) is 30. The number of carbonyl (C=O) groups excluding carboxylic acids is 3. The minimum atomic E-state index is -0.797. The Bertz CT molecular complexity index is 1380. The molecule has 0 aliphatic heterocycles. The van der Waals surface area contributed by atoms with E-state index in [0.717, 1.165) is 89.9 Å². The van der Waals surface area contributed by atoms with Crippen LogP contribution in [0, 0.1) is 0 Å². The van der Waals surface area contributed by atoms with Crippen LogP contribution in [0.4, 0.5) is 0 Å². The van der Waals surface area contributed by atoms with Gasteiger partial charge in [0.25, 0.3) is 0 Å². The number of hydrogen-bond donors (Lipinski definition) is 0. The Balaban J connectivity index is 4.28. The molecule has 0 aromatic heterocycles. The Labute approximate surface area is 445 Å². The van der Waals surface area contributed by atoms with Crippen LogP contribution in [0.25, 0.3) is 0 Å². The summed E-state index contributed by atoms with van der Waals surface area (Å²) in [5, 5.41) is 0. The first-order chi connectivity index (χ1) is 35.5. The highest BCUT2D eigenvalue weighted by Gasteiger charge is 2.19. The third-order valence-electron chi connectivity index (χ3n) is 13.1. The first-order valence-corrected chi connectivity index (χ1v) is 30.6. The third-order valence-corrected chi connectivity index (χ3v) is 13.1. The maximum absolute atomic E-state index is 12.8. The zero-order valence-corrected chi connectivity index (χ0v) is 47.4. The molecule has 0 fully saturated rings. The fourth-order valence-electron chi connectivity index (χ4n) is 8.56. The lowest BCUT2D eigenvalue weighted by atomic mass is 10.0. The summed E-state index contributed by atoms with van der Waals surface area (Å²) in [5.41, 5.74) is 0. The maximum Gasteiger partial charge on any atom is 0.306 e. The van der Waals surface area contributed by atoms with Crippen LogP contribution in [0.5, 0.6) is 0 Å². The van der Waals surface area contributed by atoms with E-state index < -0.39 is 6.10 Å². The molecule has 0 amide bonds. The molecule has 1 unspecified atom stereocenters. The average molecular weight is 1000 g/mol. The summed E-state index contributed by atoms with van der Waals surface area (Å²) in [4.78, 5) is 38.1. The largest absolute Gasteiger partial charge is 0.462 e. The van der Waals surface area contributed by atoms with Crippen molar-refractivity contribution in [3.63, 3.8) is 0 Å². The number of allylic oxidation sites excluding steroid dienone is 14. The highest BCUT2D eigenvalue weighted by Crippen LogP contribution is 2.16. The molecule has 6 heteroatoms. The van der Waals surface area contributed by atoms with Crippen molar-refractivity contribution in [1.29, 1.82) is 0 Å². The van der Waals surface area contributed by atoms with E-state index >= 15 is 0 Å². The number of carbonyl (C=O) groups is 3. The Kier molecular flexibility index (Phi) is 57.3. The van der Waals surface area contributed by atoms with Crippen molar-refractivity contribution < 1.29 is 28.6 Å². The van der Waals surface area contributed by atoms with Gasteiger partial charge < -0.3 is 14.2 Å². The quantitative estimate of drug-likeness (QED) is 0.0261. The van der Waals surface area contributed by atoms with Gasteiger partial charge in [-0.1, -0.05) is 266 Å². The first-order valence-electron chi connectivity index (χ1n) is 30.6. The summed E-state index contributed by atoms with van der Waals surface area (Å²) in [5.74, 6) is -0.927. The van der Waals surface area contributed by atoms with Gasteiger partial charge in [-0.2, -0.15) is 0 Å². The number of hydrogen-bond acceptors (Lipinski definition) is 6. The van der Waals surface area contributed by atoms with Crippen molar-refractivity contribution in [2.75, 3.05) is 13.2 Å². The summed E-state index contributed by atoms with van der Waals surface area (Å²) >= 11 is 0. The second kappa shape index (κ2) is 60.1. The molecule has 0 heterocycles. The van der Waals surface area contributed by atoms with E-state index in [4.69, 9.17) is 14.2 Å². The van der Waals surface area contributed by atoms with E-state index in [0.29, 0.717) is 19.3 Å². The van der Waals surface area contributed by atoms with Crippen molar-refractivity contribution in [2.24, 2.45) is 0 Å². The molecule has 0 saturated heterocycles. The molecule has 0 aliphatic rings. The van der Waals surface area contributed by atoms with Crippen molar-refractivity contribution in [2.45, 2.75) is 303 Å². The predicted octanol–water partition coefficient (Wildman–Crippen LogP) is 20.7. The smallest absolute Gasteiger partial charge is 0.306 e. The van der Waals surface area contributed by atoms with Crippen molar-refractivity contribution >= 4 is 17.9 Å². The summed E-state index contributed by atoms with van der Waals surface area (Å²) in [6.45, 7) is 6.49. The molecular formula is C66H114O6. The van der Waals surface area contributed by atoms with Crippen LogP contribution in [0.15, 0.2) is 85.1 Å². The summed E-state index contributed by atoms with van der Waals surface area (Å²) in [6.07, 6.45) is 78.8. The Morgan fingerprint density at radius 1 is 0.292 bits per heavy atom. The SMILES string of the molecule is CC/C=C\C/C=C\C/C=C\C/C=C\CCCCC(=O)OC(COC(=O)CCCCCCCCCCCCCC)COC(=O)CCCCCCCCCCCCCC/C=C\C/C=C\C/C=C\CCCCCCC. The van der Waals surface area contributed by atoms with Crippen molar-refractivity contribution in [3.05, 3.63) is 85.1 Å². The second-order valence-corrected chi connectivity index (χ2v) is 20.2. The zero-order chi connectivity index (χ0) is 52.2. The monoisotopic (exact) mass is 1000 g/mol. The molecule has 0 N–H and O–H groups in total. The lowest BCUT2D eigenvalue weighted by molar-refractivity contribution is -0.167. The fraction of sp³-hybridized carbons (Fsp3) is 0.742. The van der Waals surface area contributed by atoms with Crippen molar-refractivity contribution in [1.82, 2.24) is 0 Å². The summed E-state index contributed by atoms with van der Waals surface area (Å²) in [7, 11) is 0. The Morgan fingerprint density at radius 3 is 0.875 bits per heavy atom. The molecule has 0 rings (SSSR count). The van der Waals surface area contributed by atoms with E-state index in [-0.39, 0.29) is 37.5 Å². The molecule has 0 aliphatic carbocycles. The second-order valence-electron chi connectivity index (χ2n) is 20.2. The van der Waals surface area contributed by atoms with Gasteiger partial charge in [0.2, 0.25) is 0 Å². The van der Waals surface area contributed by atoms with Gasteiger partial charge in [-0.05, 0) is 96.3 Å². The first kappa shape index (κ1) is 68.6. The molecular weight excluding hydrogens is 889 g/mol. The molecule has 0 radical (unpaired) electrons. The molecule has 0 bridgehead atoms. The van der Waals surface area contributed by atoms with Crippen LogP contribution in [0.2, 0.25) is 0 Å². The van der Waals surface area contributed by atoms with E-state index in [1.807, 2.05) is 0 Å². The van der Waals surface area contributed by atoms with E-state index in [1.54, 1.807) is 0 Å². The lowest BCUT2D eigenvalue weighted by Crippen LogP contribution is -2.30. The van der Waals surface area contributed by atoms with Gasteiger partial charge in [-0.3, -0.25) is 14.4 Å². The highest BCUT2D eigenvalue weighted by molar-refractivity contribution is 5.71. The van der Waals surface area contributed by atoms with Crippen LogP contribution >= 0.6 is 0 Å². The van der Waals surface area contributed by atoms with Crippen LogP contribution in [-0.4, -0.2) is 37.2 Å². The minimum Gasteiger partial charge on any atom is -0.462 e. The molecule has 0 saturated carbocycles. The van der Waals surface area contributed by atoms with E-state index in [9.17, 15) is 14.4 Å². The summed E-state index contributed by atoms with van der Waals surface area (Å²) < 4.78 is 16.8. The minimum absolute atomic E-state index is 0.0913. The van der Waals surface area contributed by atoms with Gasteiger partial charge in [-0.25, -0.2) is 0 Å². The van der Waals surface area contributed by atoms with E-state index in [2.05, 4.69) is 106 Å². The summed E-state index contributed by atoms with van der Waals surface area (Å²) in [6, 6.07) is 0. The number of rotatable bonds is 55. The van der Waals surface area contributed by atoms with Crippen LogP contribution in [0.1, 0.15) is 297 Å². The molecule has 0 aromatic carbocycles. The maximum atomic E-state index is 12.8. The topological polar surface area (TPSA) is 78.9 Å². The molecule has 1 atom stereocenters.